The molecule has 0 saturated carbocycles. The molecule has 0 saturated heterocycles. The summed E-state index contributed by atoms with van der Waals surface area (Å²) in [5.41, 5.74) is 2.70. The fourth-order valence-electron chi connectivity index (χ4n) is 2.90. The first-order valence-corrected chi connectivity index (χ1v) is 18.3. The van der Waals surface area contributed by atoms with Crippen LogP contribution in [0.5, 0.6) is 0 Å². The number of nitrogens with zero attached hydrogens (tertiary/aromatic N) is 2. The molecule has 12 heteroatoms. The van der Waals surface area contributed by atoms with Gasteiger partial charge in [-0.1, -0.05) is 29.8 Å². The minimum absolute atomic E-state index is 0.0387. The fourth-order valence-corrected chi connectivity index (χ4v) is 5.19. The van der Waals surface area contributed by atoms with Crippen molar-refractivity contribution in [1.29, 1.82) is 0 Å². The van der Waals surface area contributed by atoms with Gasteiger partial charge in [0.2, 0.25) is 6.41 Å². The van der Waals surface area contributed by atoms with Gasteiger partial charge in [0.1, 0.15) is 0 Å². The van der Waals surface area contributed by atoms with Gasteiger partial charge in [-0.3, -0.25) is 14.5 Å². The molecule has 2 aromatic rings. The van der Waals surface area contributed by atoms with Crippen LogP contribution in [0.15, 0.2) is 48.7 Å². The average molecular weight is 657 g/mol. The summed E-state index contributed by atoms with van der Waals surface area (Å²) in [5.74, 6) is -1.49. The van der Waals surface area contributed by atoms with Crippen LogP contribution in [-0.4, -0.2) is 87.7 Å². The predicted molar refractivity (Wildman–Crippen MR) is 154 cm³/mol. The number of hydrogen-bond acceptors (Lipinski definition) is 7. The summed E-state index contributed by atoms with van der Waals surface area (Å²) in [5, 5.41) is 9.80. The SMILES string of the molecule is CO.Cc1cccc(CN(C=O)C(=O)/C=C\N(C)C)c1.[CH3][Sb]([CH3])[NH]c1cc(F)c(C(=O)NCC=O)c(P)c1. The Morgan fingerprint density at radius 1 is 1.13 bits per heavy atom. The van der Waals surface area contributed by atoms with Crippen LogP contribution in [0.3, 0.4) is 0 Å². The van der Waals surface area contributed by atoms with Gasteiger partial charge in [0.05, 0.1) is 6.54 Å². The van der Waals surface area contributed by atoms with E-state index >= 15 is 0 Å². The molecule has 1 atom stereocenters. The van der Waals surface area contributed by atoms with Gasteiger partial charge in [-0.15, -0.1) is 0 Å². The Kier molecular flexibility index (Phi) is 17.9. The molecule has 1 unspecified atom stereocenters. The second-order valence-corrected chi connectivity index (χ2v) is 14.5. The number of rotatable bonds is 10. The fraction of sp³-hybridized carbons (Fsp3) is 0.308. The van der Waals surface area contributed by atoms with Crippen LogP contribution in [0.2, 0.25) is 9.74 Å². The Morgan fingerprint density at radius 3 is 2.29 bits per heavy atom. The van der Waals surface area contributed by atoms with E-state index in [1.54, 1.807) is 17.2 Å². The Balaban J connectivity index is 0.000000676. The van der Waals surface area contributed by atoms with Gasteiger partial charge in [-0.25, -0.2) is 0 Å². The molecule has 38 heavy (non-hydrogen) atoms. The van der Waals surface area contributed by atoms with Crippen LogP contribution in [0.1, 0.15) is 21.5 Å². The Labute approximate surface area is 234 Å². The zero-order valence-corrected chi connectivity index (χ0v) is 26.3. The van der Waals surface area contributed by atoms with Crippen molar-refractivity contribution in [3.8, 4) is 0 Å². The quantitative estimate of drug-likeness (QED) is 0.155. The van der Waals surface area contributed by atoms with Gasteiger partial charge in [0.15, 0.2) is 0 Å². The van der Waals surface area contributed by atoms with E-state index < -0.39 is 32.2 Å². The number of nitrogens with one attached hydrogen (secondary N) is 2. The van der Waals surface area contributed by atoms with E-state index in [0.29, 0.717) is 30.2 Å². The van der Waals surface area contributed by atoms with Gasteiger partial charge in [0.25, 0.3) is 5.91 Å². The first-order chi connectivity index (χ1) is 18.0. The van der Waals surface area contributed by atoms with Gasteiger partial charge in [0, 0.05) is 33.5 Å². The second kappa shape index (κ2) is 19.3. The van der Waals surface area contributed by atoms with E-state index in [9.17, 15) is 23.6 Å². The summed E-state index contributed by atoms with van der Waals surface area (Å²) in [4.78, 5) is 51.6. The van der Waals surface area contributed by atoms with E-state index in [2.05, 4.69) is 27.8 Å². The van der Waals surface area contributed by atoms with Crippen LogP contribution in [0, 0.1) is 12.7 Å². The van der Waals surface area contributed by atoms with Crippen molar-refractivity contribution in [2.24, 2.45) is 0 Å². The summed E-state index contributed by atoms with van der Waals surface area (Å²) in [7, 11) is 6.97. The van der Waals surface area contributed by atoms with Crippen molar-refractivity contribution >= 4 is 65.2 Å². The summed E-state index contributed by atoms with van der Waals surface area (Å²) in [6.07, 6.45) is 4.12. The third-order valence-corrected chi connectivity index (χ3v) is 6.88. The molecule has 3 N–H and O–H groups in total. The molecule has 0 aliphatic carbocycles. The third-order valence-electron chi connectivity index (χ3n) is 4.41. The third kappa shape index (κ3) is 13.7. The summed E-state index contributed by atoms with van der Waals surface area (Å²) in [6, 6.07) is 10.8. The first-order valence-electron chi connectivity index (χ1n) is 11.3. The number of benzene rings is 2. The van der Waals surface area contributed by atoms with Crippen LogP contribution < -0.4 is 14.1 Å². The number of aliphatic hydroxyl groups excluding tert-OH is 1. The Hall–Kier alpha value is -2.80. The number of aliphatic hydroxyl groups is 1. The number of carbonyl (C=O) groups excluding carboxylic acids is 4. The average Bonchev–Trinajstić information content (AvgIpc) is 2.85. The van der Waals surface area contributed by atoms with Crippen molar-refractivity contribution in [2.45, 2.75) is 23.2 Å². The van der Waals surface area contributed by atoms with Gasteiger partial charge < -0.3 is 10.0 Å². The molecule has 0 heterocycles. The van der Waals surface area contributed by atoms with Crippen LogP contribution in [0.25, 0.3) is 0 Å². The first kappa shape index (κ1) is 35.2. The zero-order chi connectivity index (χ0) is 29.3. The van der Waals surface area contributed by atoms with Gasteiger partial charge in [-0.2, -0.15) is 0 Å². The number of amides is 3. The normalized spacial score (nSPS) is 9.95. The molecule has 0 aliphatic heterocycles. The molecule has 3 amide bonds. The standard InChI is InChI=1S/C14H18N2O2.C9H10FN2O2P.CH4O.2CH3.Sb/c1-12-5-4-6-13(9-12)10-16(11-17)14(18)7-8-15(2)3;10-6-3-5(11)4-7(15)8(6)9(14)12-1-2-13;1-2;;;/h4-9,11H,10H2,1-3H3;2-4H,1,15H2,(H3,11,12,14);2H,1H3;2*1H3;/q;;;;;+1/p-1/b8-7-;;;;;. The maximum atomic E-state index is 13.9. The van der Waals surface area contributed by atoms with Crippen molar-refractivity contribution in [2.75, 3.05) is 31.2 Å². The molecule has 2 aromatic carbocycles. The summed E-state index contributed by atoms with van der Waals surface area (Å²) < 4.78 is 17.1. The van der Waals surface area contributed by atoms with E-state index in [1.807, 2.05) is 45.3 Å². The Bertz CT molecular complexity index is 1080. The Morgan fingerprint density at radius 2 is 1.79 bits per heavy atom. The monoisotopic (exact) mass is 656 g/mol. The number of halogens is 1. The molecule has 208 valence electrons. The minimum atomic E-state index is -1.47. The molecule has 0 radical (unpaired) electrons. The van der Waals surface area contributed by atoms with E-state index in [1.165, 1.54) is 12.1 Å². The van der Waals surface area contributed by atoms with Gasteiger partial charge in [-0.05, 0) is 12.5 Å². The van der Waals surface area contributed by atoms with Crippen molar-refractivity contribution in [3.63, 3.8) is 0 Å². The molecule has 9 nitrogen and oxygen atoms in total. The van der Waals surface area contributed by atoms with Gasteiger partial charge >= 0.3 is 115 Å². The number of aldehydes is 1. The molecule has 0 fully saturated rings. The van der Waals surface area contributed by atoms with Crippen LogP contribution >= 0.6 is 9.24 Å². The van der Waals surface area contributed by atoms with E-state index in [4.69, 9.17) is 5.11 Å². The number of carbonyl (C=O) groups is 4. The molecule has 0 aromatic heterocycles. The molecule has 0 bridgehead atoms. The number of anilines is 1. The summed E-state index contributed by atoms with van der Waals surface area (Å²) >= 11 is -1.47. The molecule has 0 aliphatic rings. The maximum absolute atomic E-state index is 13.9. The zero-order valence-electron chi connectivity index (χ0n) is 22.6. The number of hydrogen-bond donors (Lipinski definition) is 3. The van der Waals surface area contributed by atoms with Crippen molar-refractivity contribution < 1.29 is 28.7 Å². The van der Waals surface area contributed by atoms with Crippen LogP contribution in [0.4, 0.5) is 10.1 Å². The summed E-state index contributed by atoms with van der Waals surface area (Å²) in [6.45, 7) is 2.15. The molecular weight excluding hydrogens is 620 g/mol. The van der Waals surface area contributed by atoms with Crippen LogP contribution in [-0.2, 0) is 20.9 Å². The number of imide groups is 1. The second-order valence-electron chi connectivity index (χ2n) is 8.15. The van der Waals surface area contributed by atoms with Crippen molar-refractivity contribution in [3.05, 3.63) is 71.2 Å². The van der Waals surface area contributed by atoms with E-state index in [0.717, 1.165) is 23.1 Å². The molecule has 2 rings (SSSR count). The predicted octanol–water partition coefficient (Wildman–Crippen LogP) is 2.08. The topological polar surface area (TPSA) is 119 Å². The molecular formula is C26H37FN4O5PSb. The number of aryl methyl sites for hydroxylation is 1. The van der Waals surface area contributed by atoms with Crippen molar-refractivity contribution in [1.82, 2.24) is 15.1 Å². The molecule has 0 spiro atoms. The van der Waals surface area contributed by atoms with E-state index in [-0.39, 0.29) is 18.0 Å².